The van der Waals surface area contributed by atoms with Gasteiger partial charge >= 0.3 is 0 Å². The lowest BCUT2D eigenvalue weighted by molar-refractivity contribution is -0.123. The number of hydrogen-bond acceptors (Lipinski definition) is 3. The average Bonchev–Trinajstić information content (AvgIpc) is 2.41. The first-order chi connectivity index (χ1) is 9.15. The van der Waals surface area contributed by atoms with Gasteiger partial charge in [0, 0.05) is 11.8 Å². The Morgan fingerprint density at radius 2 is 2.11 bits per heavy atom. The zero-order chi connectivity index (χ0) is 13.4. The van der Waals surface area contributed by atoms with Gasteiger partial charge in [-0.15, -0.1) is 0 Å². The molecule has 1 aromatic carbocycles. The van der Waals surface area contributed by atoms with Crippen molar-refractivity contribution in [3.8, 4) is 5.75 Å². The van der Waals surface area contributed by atoms with Crippen LogP contribution in [-0.4, -0.2) is 10.9 Å². The topological polar surface area (TPSA) is 51.2 Å². The molecule has 1 atom stereocenters. The van der Waals surface area contributed by atoms with Gasteiger partial charge < -0.3 is 10.1 Å². The Labute approximate surface area is 111 Å². The highest BCUT2D eigenvalue weighted by Gasteiger charge is 2.30. The predicted molar refractivity (Wildman–Crippen MR) is 72.2 cm³/mol. The van der Waals surface area contributed by atoms with Crippen LogP contribution in [0.25, 0.3) is 0 Å². The number of aryl methyl sites for hydroxylation is 2. The monoisotopic (exact) mass is 254 g/mol. The summed E-state index contributed by atoms with van der Waals surface area (Å²) < 4.78 is 5.79. The standard InChI is InChI=1S/C15H14N2O2/c1-9-5-6-10(2)11(8-9)13-15(18)17-14-12(19-13)4-3-7-16-14/h3-8,13H,1-2H3,(H,16,17,18). The van der Waals surface area contributed by atoms with Crippen LogP contribution in [-0.2, 0) is 4.79 Å². The molecule has 4 heteroatoms. The minimum Gasteiger partial charge on any atom is -0.472 e. The van der Waals surface area contributed by atoms with Crippen LogP contribution in [0.1, 0.15) is 22.8 Å². The third-order valence-electron chi connectivity index (χ3n) is 3.21. The summed E-state index contributed by atoms with van der Waals surface area (Å²) in [6.07, 6.45) is 1.01. The Morgan fingerprint density at radius 3 is 2.95 bits per heavy atom. The summed E-state index contributed by atoms with van der Waals surface area (Å²) in [5.41, 5.74) is 3.04. The molecule has 2 aromatic rings. The minimum absolute atomic E-state index is 0.181. The average molecular weight is 254 g/mol. The molecule has 0 spiro atoms. The number of carbonyl (C=O) groups excluding carboxylic acids is 1. The zero-order valence-corrected chi connectivity index (χ0v) is 10.8. The van der Waals surface area contributed by atoms with Crippen LogP contribution in [0.4, 0.5) is 5.82 Å². The van der Waals surface area contributed by atoms with E-state index in [1.807, 2.05) is 32.0 Å². The molecule has 19 heavy (non-hydrogen) atoms. The molecule has 2 heterocycles. The quantitative estimate of drug-likeness (QED) is 0.851. The number of hydrogen-bond donors (Lipinski definition) is 1. The number of aromatic nitrogens is 1. The molecule has 0 bridgehead atoms. The van der Waals surface area contributed by atoms with Crippen LogP contribution < -0.4 is 10.1 Å². The lowest BCUT2D eigenvalue weighted by Crippen LogP contribution is -2.31. The molecular weight excluding hydrogens is 240 g/mol. The molecule has 1 N–H and O–H groups in total. The first-order valence-electron chi connectivity index (χ1n) is 6.15. The molecule has 1 aliphatic heterocycles. The summed E-state index contributed by atoms with van der Waals surface area (Å²) in [7, 11) is 0. The van der Waals surface area contributed by atoms with Gasteiger partial charge in [-0.3, -0.25) is 4.79 Å². The first kappa shape index (κ1) is 11.7. The highest BCUT2D eigenvalue weighted by molar-refractivity contribution is 5.97. The predicted octanol–water partition coefficient (Wildman–Crippen LogP) is 2.77. The van der Waals surface area contributed by atoms with E-state index in [2.05, 4.69) is 10.3 Å². The molecule has 96 valence electrons. The normalized spacial score (nSPS) is 17.4. The highest BCUT2D eigenvalue weighted by atomic mass is 16.5. The Morgan fingerprint density at radius 1 is 1.26 bits per heavy atom. The van der Waals surface area contributed by atoms with E-state index in [4.69, 9.17) is 4.74 Å². The summed E-state index contributed by atoms with van der Waals surface area (Å²) in [4.78, 5) is 16.2. The minimum atomic E-state index is -0.614. The van der Waals surface area contributed by atoms with Gasteiger partial charge in [-0.1, -0.05) is 23.8 Å². The molecular formula is C15H14N2O2. The van der Waals surface area contributed by atoms with Gasteiger partial charge in [0.15, 0.2) is 11.6 Å². The number of rotatable bonds is 1. The number of anilines is 1. The molecule has 3 rings (SSSR count). The van der Waals surface area contributed by atoms with Crippen molar-refractivity contribution in [1.29, 1.82) is 0 Å². The second-order valence-electron chi connectivity index (χ2n) is 4.70. The van der Waals surface area contributed by atoms with E-state index >= 15 is 0 Å². The molecule has 0 saturated carbocycles. The molecule has 1 aliphatic rings. The van der Waals surface area contributed by atoms with Crippen LogP contribution >= 0.6 is 0 Å². The molecule has 1 amide bonds. The van der Waals surface area contributed by atoms with Crippen LogP contribution in [0.15, 0.2) is 36.5 Å². The molecule has 0 aliphatic carbocycles. The van der Waals surface area contributed by atoms with Gasteiger partial charge in [0.05, 0.1) is 0 Å². The van der Waals surface area contributed by atoms with E-state index in [0.717, 1.165) is 16.7 Å². The van der Waals surface area contributed by atoms with Crippen molar-refractivity contribution in [2.24, 2.45) is 0 Å². The summed E-state index contributed by atoms with van der Waals surface area (Å²) >= 11 is 0. The summed E-state index contributed by atoms with van der Waals surface area (Å²) in [6, 6.07) is 9.60. The van der Waals surface area contributed by atoms with Crippen LogP contribution in [0.5, 0.6) is 5.75 Å². The lowest BCUT2D eigenvalue weighted by Gasteiger charge is -2.26. The first-order valence-corrected chi connectivity index (χ1v) is 6.15. The largest absolute Gasteiger partial charge is 0.472 e. The highest BCUT2D eigenvalue weighted by Crippen LogP contribution is 2.34. The number of ether oxygens (including phenoxy) is 1. The molecule has 0 fully saturated rings. The second kappa shape index (κ2) is 4.39. The van der Waals surface area contributed by atoms with E-state index in [9.17, 15) is 4.79 Å². The van der Waals surface area contributed by atoms with Crippen molar-refractivity contribution in [2.45, 2.75) is 20.0 Å². The van der Waals surface area contributed by atoms with Crippen molar-refractivity contribution in [3.05, 3.63) is 53.2 Å². The maximum absolute atomic E-state index is 12.1. The van der Waals surface area contributed by atoms with Crippen molar-refractivity contribution in [3.63, 3.8) is 0 Å². The number of pyridine rings is 1. The number of amides is 1. The molecule has 1 aromatic heterocycles. The third kappa shape index (κ3) is 2.05. The van der Waals surface area contributed by atoms with Gasteiger partial charge in [0.25, 0.3) is 5.91 Å². The zero-order valence-electron chi connectivity index (χ0n) is 10.8. The Bertz CT molecular complexity index is 652. The molecule has 0 radical (unpaired) electrons. The van der Waals surface area contributed by atoms with Crippen molar-refractivity contribution >= 4 is 11.7 Å². The fourth-order valence-electron chi connectivity index (χ4n) is 2.19. The van der Waals surface area contributed by atoms with Crippen molar-refractivity contribution in [2.75, 3.05) is 5.32 Å². The second-order valence-corrected chi connectivity index (χ2v) is 4.70. The summed E-state index contributed by atoms with van der Waals surface area (Å²) in [5, 5.41) is 2.78. The Kier molecular flexibility index (Phi) is 2.71. The van der Waals surface area contributed by atoms with Gasteiger partial charge in [0.2, 0.25) is 6.10 Å². The number of nitrogens with zero attached hydrogens (tertiary/aromatic N) is 1. The van der Waals surface area contributed by atoms with Gasteiger partial charge in [-0.05, 0) is 31.5 Å². The third-order valence-corrected chi connectivity index (χ3v) is 3.21. The van der Waals surface area contributed by atoms with E-state index in [0.29, 0.717) is 11.6 Å². The fourth-order valence-corrected chi connectivity index (χ4v) is 2.19. The molecule has 4 nitrogen and oxygen atoms in total. The summed E-state index contributed by atoms with van der Waals surface area (Å²) in [6.45, 7) is 3.98. The SMILES string of the molecule is Cc1ccc(C)c(C2Oc3cccnc3NC2=O)c1. The van der Waals surface area contributed by atoms with Gasteiger partial charge in [0.1, 0.15) is 0 Å². The van der Waals surface area contributed by atoms with Crippen molar-refractivity contribution in [1.82, 2.24) is 4.98 Å². The smallest absolute Gasteiger partial charge is 0.271 e. The fraction of sp³-hybridized carbons (Fsp3) is 0.200. The number of benzene rings is 1. The van der Waals surface area contributed by atoms with E-state index in [1.54, 1.807) is 18.3 Å². The molecule has 1 unspecified atom stereocenters. The van der Waals surface area contributed by atoms with E-state index < -0.39 is 6.10 Å². The van der Waals surface area contributed by atoms with Crippen molar-refractivity contribution < 1.29 is 9.53 Å². The maximum Gasteiger partial charge on any atom is 0.271 e. The van der Waals surface area contributed by atoms with E-state index in [1.165, 1.54) is 0 Å². The van der Waals surface area contributed by atoms with Gasteiger partial charge in [-0.25, -0.2) is 4.98 Å². The maximum atomic E-state index is 12.1. The number of nitrogens with one attached hydrogen (secondary N) is 1. The van der Waals surface area contributed by atoms with Crippen LogP contribution in [0, 0.1) is 13.8 Å². The lowest BCUT2D eigenvalue weighted by atomic mass is 9.99. The molecule has 0 saturated heterocycles. The number of fused-ring (bicyclic) bond motifs is 1. The Balaban J connectivity index is 2.03. The van der Waals surface area contributed by atoms with Crippen LogP contribution in [0.2, 0.25) is 0 Å². The van der Waals surface area contributed by atoms with E-state index in [-0.39, 0.29) is 5.91 Å². The Hall–Kier alpha value is -2.36. The summed E-state index contributed by atoms with van der Waals surface area (Å²) in [5.74, 6) is 0.905. The van der Waals surface area contributed by atoms with Gasteiger partial charge in [-0.2, -0.15) is 0 Å². The number of carbonyl (C=O) groups is 1. The van der Waals surface area contributed by atoms with Crippen LogP contribution in [0.3, 0.4) is 0 Å².